The maximum Gasteiger partial charge on any atom is 0.354 e. The molecule has 0 unspecified atom stereocenters. The molecule has 0 fully saturated rings. The van der Waals surface area contributed by atoms with Gasteiger partial charge in [-0.3, -0.25) is 4.57 Å². The van der Waals surface area contributed by atoms with Gasteiger partial charge in [-0.25, -0.2) is 4.79 Å². The molecule has 0 bridgehead atoms. The minimum Gasteiger partial charge on any atom is -0.343 e. The second-order valence-electron chi connectivity index (χ2n) is 5.75. The predicted octanol–water partition coefficient (Wildman–Crippen LogP) is 2.34. The molecule has 0 saturated carbocycles. The van der Waals surface area contributed by atoms with Crippen LogP contribution in [-0.4, -0.2) is 33.5 Å². The van der Waals surface area contributed by atoms with Crippen LogP contribution in [0.1, 0.15) is 18.2 Å². The topological polar surface area (TPSA) is 53.9 Å². The molecule has 1 N–H and O–H groups in total. The number of aryl methyl sites for hydroxylation is 1. The van der Waals surface area contributed by atoms with Gasteiger partial charge in [0.15, 0.2) is 0 Å². The van der Waals surface area contributed by atoms with Gasteiger partial charge in [-0.2, -0.15) is 4.98 Å². The van der Waals surface area contributed by atoms with Gasteiger partial charge >= 0.3 is 5.69 Å². The Morgan fingerprint density at radius 1 is 1.23 bits per heavy atom. The highest BCUT2D eigenvalue weighted by atomic mass is 16.1. The van der Waals surface area contributed by atoms with Crippen molar-refractivity contribution < 1.29 is 0 Å². The number of aromatic nitrogens is 3. The van der Waals surface area contributed by atoms with Crippen molar-refractivity contribution >= 4 is 11.0 Å². The van der Waals surface area contributed by atoms with Crippen LogP contribution in [0.2, 0.25) is 0 Å². The molecular formula is C17H20N4O. The van der Waals surface area contributed by atoms with Gasteiger partial charge in [-0.15, -0.1) is 0 Å². The molecule has 2 aromatic heterocycles. The third-order valence-corrected chi connectivity index (χ3v) is 3.66. The first-order valence-corrected chi connectivity index (χ1v) is 7.42. The summed E-state index contributed by atoms with van der Waals surface area (Å²) in [4.78, 5) is 21.6. The van der Waals surface area contributed by atoms with E-state index in [0.29, 0.717) is 5.65 Å². The van der Waals surface area contributed by atoms with Crippen molar-refractivity contribution in [3.05, 3.63) is 58.3 Å². The van der Waals surface area contributed by atoms with Crippen LogP contribution in [-0.2, 0) is 13.0 Å². The Morgan fingerprint density at radius 3 is 2.59 bits per heavy atom. The number of rotatable bonds is 4. The third kappa shape index (κ3) is 2.80. The zero-order chi connectivity index (χ0) is 15.7. The van der Waals surface area contributed by atoms with Crippen molar-refractivity contribution in [1.82, 2.24) is 19.4 Å². The monoisotopic (exact) mass is 296 g/mol. The minimum atomic E-state index is -0.266. The van der Waals surface area contributed by atoms with Crippen LogP contribution in [0.4, 0.5) is 0 Å². The normalized spacial score (nSPS) is 11.5. The molecule has 0 aliphatic rings. The number of nitrogens with zero attached hydrogens (tertiary/aromatic N) is 3. The molecule has 3 aromatic rings. The first-order valence-electron chi connectivity index (χ1n) is 7.42. The van der Waals surface area contributed by atoms with E-state index in [1.807, 2.05) is 50.6 Å². The van der Waals surface area contributed by atoms with Crippen molar-refractivity contribution in [3.63, 3.8) is 0 Å². The lowest BCUT2D eigenvalue weighted by Gasteiger charge is -2.10. The number of fused-ring (bicyclic) bond motifs is 1. The molecule has 0 aliphatic heterocycles. The zero-order valence-corrected chi connectivity index (χ0v) is 13.1. The minimum absolute atomic E-state index is 0.266. The first kappa shape index (κ1) is 14.5. The molecule has 3 rings (SSSR count). The maximum atomic E-state index is 12.2. The van der Waals surface area contributed by atoms with E-state index in [9.17, 15) is 4.79 Å². The van der Waals surface area contributed by atoms with E-state index < -0.39 is 0 Å². The second kappa shape index (κ2) is 5.77. The van der Waals surface area contributed by atoms with Crippen LogP contribution < -0.4 is 5.69 Å². The lowest BCUT2D eigenvalue weighted by Crippen LogP contribution is -2.20. The molecule has 1 aromatic carbocycles. The summed E-state index contributed by atoms with van der Waals surface area (Å²) in [6.45, 7) is 2.95. The Bertz CT molecular complexity index is 843. The van der Waals surface area contributed by atoms with Crippen LogP contribution in [0.5, 0.6) is 0 Å². The van der Waals surface area contributed by atoms with E-state index in [1.165, 1.54) is 5.56 Å². The van der Waals surface area contributed by atoms with Gasteiger partial charge in [0.25, 0.3) is 0 Å². The first-order chi connectivity index (χ1) is 10.6. The Labute approximate surface area is 129 Å². The van der Waals surface area contributed by atoms with Gasteiger partial charge < -0.3 is 9.88 Å². The quantitative estimate of drug-likeness (QED) is 0.804. The second-order valence-corrected chi connectivity index (χ2v) is 5.75. The summed E-state index contributed by atoms with van der Waals surface area (Å²) in [6.07, 6.45) is 2.74. The largest absolute Gasteiger partial charge is 0.354 e. The fourth-order valence-electron chi connectivity index (χ4n) is 2.55. The summed E-state index contributed by atoms with van der Waals surface area (Å²) in [7, 11) is 4.07. The Balaban J connectivity index is 2.01. The van der Waals surface area contributed by atoms with E-state index in [4.69, 9.17) is 0 Å². The van der Waals surface area contributed by atoms with E-state index in [-0.39, 0.29) is 5.69 Å². The molecule has 0 atom stereocenters. The van der Waals surface area contributed by atoms with E-state index in [2.05, 4.69) is 21.8 Å². The molecule has 0 spiro atoms. The average molecular weight is 296 g/mol. The van der Waals surface area contributed by atoms with E-state index in [0.717, 1.165) is 29.7 Å². The van der Waals surface area contributed by atoms with Crippen molar-refractivity contribution in [3.8, 4) is 5.69 Å². The molecule has 5 heteroatoms. The summed E-state index contributed by atoms with van der Waals surface area (Å²) in [5.41, 5.74) is 3.52. The van der Waals surface area contributed by atoms with Gasteiger partial charge in [-0.1, -0.05) is 19.1 Å². The molecular weight excluding hydrogens is 276 g/mol. The third-order valence-electron chi connectivity index (χ3n) is 3.66. The Morgan fingerprint density at radius 2 is 1.95 bits per heavy atom. The summed E-state index contributed by atoms with van der Waals surface area (Å²) >= 11 is 0. The summed E-state index contributed by atoms with van der Waals surface area (Å²) in [5.74, 6) is 0. The van der Waals surface area contributed by atoms with Gasteiger partial charge in [-0.05, 0) is 44.3 Å². The van der Waals surface area contributed by atoms with Gasteiger partial charge in [0.2, 0.25) is 0 Å². The highest BCUT2D eigenvalue weighted by molar-refractivity contribution is 5.75. The summed E-state index contributed by atoms with van der Waals surface area (Å²) in [6, 6.07) is 10.0. The molecule has 0 amide bonds. The predicted molar refractivity (Wildman–Crippen MR) is 88.5 cm³/mol. The number of hydrogen-bond acceptors (Lipinski definition) is 3. The Hall–Kier alpha value is -2.40. The number of aromatic amines is 1. The molecule has 22 heavy (non-hydrogen) atoms. The van der Waals surface area contributed by atoms with E-state index >= 15 is 0 Å². The number of benzene rings is 1. The number of H-pyrrole nitrogens is 1. The van der Waals surface area contributed by atoms with E-state index in [1.54, 1.807) is 4.57 Å². The fraction of sp³-hybridized carbons (Fsp3) is 0.294. The molecule has 5 nitrogen and oxygen atoms in total. The van der Waals surface area contributed by atoms with Crippen molar-refractivity contribution in [2.45, 2.75) is 19.9 Å². The lowest BCUT2D eigenvalue weighted by atomic mass is 10.2. The van der Waals surface area contributed by atoms with Crippen molar-refractivity contribution in [2.24, 2.45) is 0 Å². The maximum absolute atomic E-state index is 12.2. The molecule has 0 radical (unpaired) electrons. The van der Waals surface area contributed by atoms with Gasteiger partial charge in [0.1, 0.15) is 5.65 Å². The Kier molecular flexibility index (Phi) is 3.81. The van der Waals surface area contributed by atoms with Crippen LogP contribution in [0.3, 0.4) is 0 Å². The van der Waals surface area contributed by atoms with Crippen LogP contribution in [0.15, 0.2) is 41.3 Å². The average Bonchev–Trinajstić information content (AvgIpc) is 2.88. The number of hydrogen-bond donors (Lipinski definition) is 1. The lowest BCUT2D eigenvalue weighted by molar-refractivity contribution is 0.402. The molecule has 114 valence electrons. The highest BCUT2D eigenvalue weighted by Crippen LogP contribution is 2.14. The molecule has 0 saturated heterocycles. The summed E-state index contributed by atoms with van der Waals surface area (Å²) in [5, 5.41) is 0.953. The highest BCUT2D eigenvalue weighted by Gasteiger charge is 2.07. The molecule has 2 heterocycles. The smallest absolute Gasteiger partial charge is 0.343 e. The van der Waals surface area contributed by atoms with Crippen LogP contribution >= 0.6 is 0 Å². The number of nitrogens with one attached hydrogen (secondary N) is 1. The van der Waals surface area contributed by atoms with Gasteiger partial charge in [0.05, 0.1) is 5.69 Å². The SMILES string of the molecule is CCc1cc2cn(-c3ccc(CN(C)C)cc3)c(=O)nc2[nH]1. The van der Waals surface area contributed by atoms with Crippen LogP contribution in [0, 0.1) is 0 Å². The van der Waals surface area contributed by atoms with Crippen molar-refractivity contribution in [1.29, 1.82) is 0 Å². The zero-order valence-electron chi connectivity index (χ0n) is 13.1. The fourth-order valence-corrected chi connectivity index (χ4v) is 2.55. The summed E-state index contributed by atoms with van der Waals surface area (Å²) < 4.78 is 1.59. The standard InChI is InChI=1S/C17H20N4O/c1-4-14-9-13-11-21(17(22)19-16(13)18-14)15-7-5-12(6-8-15)10-20(2)3/h5-9,11H,4,10H2,1-3H3,(H,18,19,22). The van der Waals surface area contributed by atoms with Crippen LogP contribution in [0.25, 0.3) is 16.7 Å². The molecule has 0 aliphatic carbocycles. The van der Waals surface area contributed by atoms with Crippen molar-refractivity contribution in [2.75, 3.05) is 14.1 Å². The van der Waals surface area contributed by atoms with Gasteiger partial charge in [0, 0.05) is 23.8 Å².